The summed E-state index contributed by atoms with van der Waals surface area (Å²) >= 11 is 4.89. The Balaban J connectivity index is 3.05. The molecule has 20 heavy (non-hydrogen) atoms. The number of amides is 1. The highest BCUT2D eigenvalue weighted by molar-refractivity contribution is 7.80. The maximum Gasteiger partial charge on any atom is 0.256 e. The molecule has 0 aliphatic heterocycles. The van der Waals surface area contributed by atoms with Gasteiger partial charge in [-0.1, -0.05) is 19.1 Å². The van der Waals surface area contributed by atoms with E-state index < -0.39 is 0 Å². The van der Waals surface area contributed by atoms with Crippen LogP contribution in [-0.4, -0.2) is 38.6 Å². The zero-order valence-corrected chi connectivity index (χ0v) is 13.3. The predicted octanol–water partition coefficient (Wildman–Crippen LogP) is 1.87. The molecule has 0 aliphatic rings. The molecule has 1 aromatic heterocycles. The number of aryl methyl sites for hydroxylation is 2. The number of hydrogen-bond acceptors (Lipinski definition) is 4. The molecule has 1 aromatic rings. The highest BCUT2D eigenvalue weighted by Crippen LogP contribution is 2.13. The van der Waals surface area contributed by atoms with Gasteiger partial charge in [-0.05, 0) is 33.3 Å². The van der Waals surface area contributed by atoms with Crippen LogP contribution in [0.15, 0.2) is 6.07 Å². The lowest BCUT2D eigenvalue weighted by Crippen LogP contribution is -2.39. The Labute approximate surface area is 125 Å². The molecule has 1 heterocycles. The fourth-order valence-electron chi connectivity index (χ4n) is 1.94. The molecule has 0 spiro atoms. The van der Waals surface area contributed by atoms with E-state index in [9.17, 15) is 4.79 Å². The van der Waals surface area contributed by atoms with E-state index in [4.69, 9.17) is 18.0 Å². The Morgan fingerprint density at radius 1 is 1.45 bits per heavy atom. The molecule has 5 nitrogen and oxygen atoms in total. The minimum absolute atomic E-state index is 0.0360. The standard InChI is InChI=1S/C14H22N4OS/c1-5-12-11(8-10(4)16-17-12)14(19)18(9(2)3)7-6-13(15)20/h8-9H,5-7H2,1-4H3,(H2,15,20). The second-order valence-electron chi connectivity index (χ2n) is 5.01. The van der Waals surface area contributed by atoms with E-state index in [1.165, 1.54) is 0 Å². The third-order valence-corrected chi connectivity index (χ3v) is 3.25. The fraction of sp³-hybridized carbons (Fsp3) is 0.571. The lowest BCUT2D eigenvalue weighted by atomic mass is 10.1. The van der Waals surface area contributed by atoms with Gasteiger partial charge in [0, 0.05) is 19.0 Å². The summed E-state index contributed by atoms with van der Waals surface area (Å²) in [5.74, 6) is -0.0360. The van der Waals surface area contributed by atoms with Gasteiger partial charge in [-0.15, -0.1) is 0 Å². The first kappa shape index (κ1) is 16.5. The summed E-state index contributed by atoms with van der Waals surface area (Å²) in [6.07, 6.45) is 1.20. The zero-order chi connectivity index (χ0) is 15.3. The van der Waals surface area contributed by atoms with E-state index in [1.807, 2.05) is 27.7 Å². The summed E-state index contributed by atoms with van der Waals surface area (Å²) in [4.78, 5) is 14.9. The molecule has 0 atom stereocenters. The second-order valence-corrected chi connectivity index (χ2v) is 5.53. The van der Waals surface area contributed by atoms with Crippen LogP contribution in [0.3, 0.4) is 0 Å². The van der Waals surface area contributed by atoms with Crippen LogP contribution in [0.4, 0.5) is 0 Å². The number of aromatic nitrogens is 2. The Hall–Kier alpha value is -1.56. The first-order chi connectivity index (χ1) is 9.36. The largest absolute Gasteiger partial charge is 0.393 e. The summed E-state index contributed by atoms with van der Waals surface area (Å²) in [6, 6.07) is 1.87. The van der Waals surface area contributed by atoms with Gasteiger partial charge < -0.3 is 10.6 Å². The van der Waals surface area contributed by atoms with Crippen molar-refractivity contribution in [3.8, 4) is 0 Å². The van der Waals surface area contributed by atoms with E-state index in [2.05, 4.69) is 10.2 Å². The number of hydrogen-bond donors (Lipinski definition) is 1. The molecule has 6 heteroatoms. The topological polar surface area (TPSA) is 72.1 Å². The van der Waals surface area contributed by atoms with Crippen molar-refractivity contribution in [2.75, 3.05) is 6.54 Å². The normalized spacial score (nSPS) is 10.7. The number of rotatable bonds is 6. The van der Waals surface area contributed by atoms with Crippen molar-refractivity contribution < 1.29 is 4.79 Å². The highest BCUT2D eigenvalue weighted by atomic mass is 32.1. The van der Waals surface area contributed by atoms with Gasteiger partial charge in [0.1, 0.15) is 0 Å². The summed E-state index contributed by atoms with van der Waals surface area (Å²) in [5.41, 5.74) is 7.62. The van der Waals surface area contributed by atoms with Crippen molar-refractivity contribution in [3.63, 3.8) is 0 Å². The molecule has 110 valence electrons. The first-order valence-electron chi connectivity index (χ1n) is 6.79. The van der Waals surface area contributed by atoms with Crippen LogP contribution >= 0.6 is 12.2 Å². The third-order valence-electron chi connectivity index (χ3n) is 3.04. The molecular weight excluding hydrogens is 272 g/mol. The van der Waals surface area contributed by atoms with Gasteiger partial charge in [-0.25, -0.2) is 0 Å². The Morgan fingerprint density at radius 3 is 2.60 bits per heavy atom. The maximum atomic E-state index is 12.7. The number of nitrogens with two attached hydrogens (primary N) is 1. The minimum atomic E-state index is -0.0360. The fourth-order valence-corrected chi connectivity index (χ4v) is 2.03. The van der Waals surface area contributed by atoms with E-state index in [-0.39, 0.29) is 11.9 Å². The lowest BCUT2D eigenvalue weighted by molar-refractivity contribution is 0.0709. The predicted molar refractivity (Wildman–Crippen MR) is 83.7 cm³/mol. The average molecular weight is 294 g/mol. The minimum Gasteiger partial charge on any atom is -0.393 e. The molecule has 0 unspecified atom stereocenters. The van der Waals surface area contributed by atoms with Crippen molar-refractivity contribution in [1.82, 2.24) is 15.1 Å². The van der Waals surface area contributed by atoms with Crippen molar-refractivity contribution >= 4 is 23.1 Å². The molecule has 0 saturated heterocycles. The van der Waals surface area contributed by atoms with Gasteiger partial charge in [0.05, 0.1) is 21.9 Å². The van der Waals surface area contributed by atoms with Gasteiger partial charge in [-0.3, -0.25) is 4.79 Å². The molecule has 0 radical (unpaired) electrons. The van der Waals surface area contributed by atoms with E-state index in [0.717, 1.165) is 11.4 Å². The Bertz CT molecular complexity index is 502. The number of nitrogens with zero attached hydrogens (tertiary/aromatic N) is 3. The SMILES string of the molecule is CCc1nnc(C)cc1C(=O)N(CCC(N)=S)C(C)C. The first-order valence-corrected chi connectivity index (χ1v) is 7.20. The average Bonchev–Trinajstić information content (AvgIpc) is 2.37. The highest BCUT2D eigenvalue weighted by Gasteiger charge is 2.22. The van der Waals surface area contributed by atoms with Crippen LogP contribution in [0, 0.1) is 6.92 Å². The quantitative estimate of drug-likeness (QED) is 0.811. The van der Waals surface area contributed by atoms with Crippen LogP contribution in [0.25, 0.3) is 0 Å². The third kappa shape index (κ3) is 4.23. The molecule has 1 rings (SSSR count). The summed E-state index contributed by atoms with van der Waals surface area (Å²) in [6.45, 7) is 8.27. The van der Waals surface area contributed by atoms with E-state index in [0.29, 0.717) is 29.9 Å². The summed E-state index contributed by atoms with van der Waals surface area (Å²) < 4.78 is 0. The van der Waals surface area contributed by atoms with Crippen LogP contribution in [-0.2, 0) is 6.42 Å². The molecule has 2 N–H and O–H groups in total. The van der Waals surface area contributed by atoms with Gasteiger partial charge >= 0.3 is 0 Å². The monoisotopic (exact) mass is 294 g/mol. The maximum absolute atomic E-state index is 12.7. The summed E-state index contributed by atoms with van der Waals surface area (Å²) in [5, 5.41) is 8.12. The molecule has 0 fully saturated rings. The molecule has 0 bridgehead atoms. The smallest absolute Gasteiger partial charge is 0.256 e. The van der Waals surface area contributed by atoms with Gasteiger partial charge in [0.2, 0.25) is 0 Å². The number of carbonyl (C=O) groups is 1. The van der Waals surface area contributed by atoms with Crippen molar-refractivity contribution in [3.05, 3.63) is 23.0 Å². The summed E-state index contributed by atoms with van der Waals surface area (Å²) in [7, 11) is 0. The molecule has 0 aromatic carbocycles. The van der Waals surface area contributed by atoms with E-state index in [1.54, 1.807) is 11.0 Å². The van der Waals surface area contributed by atoms with Crippen molar-refractivity contribution in [2.24, 2.45) is 5.73 Å². The van der Waals surface area contributed by atoms with Crippen LogP contribution in [0.2, 0.25) is 0 Å². The van der Waals surface area contributed by atoms with Crippen LogP contribution < -0.4 is 5.73 Å². The number of carbonyl (C=O) groups excluding carboxylic acids is 1. The van der Waals surface area contributed by atoms with Crippen molar-refractivity contribution in [2.45, 2.75) is 46.6 Å². The molecular formula is C14H22N4OS. The molecule has 0 aliphatic carbocycles. The number of thiocarbonyl (C=S) groups is 1. The van der Waals surface area contributed by atoms with Gasteiger partial charge in [-0.2, -0.15) is 10.2 Å². The van der Waals surface area contributed by atoms with Crippen LogP contribution in [0.1, 0.15) is 48.9 Å². The molecule has 0 saturated carbocycles. The van der Waals surface area contributed by atoms with Crippen molar-refractivity contribution in [1.29, 1.82) is 0 Å². The zero-order valence-electron chi connectivity index (χ0n) is 12.5. The van der Waals surface area contributed by atoms with E-state index >= 15 is 0 Å². The second kappa shape index (κ2) is 7.28. The Morgan fingerprint density at radius 2 is 2.10 bits per heavy atom. The van der Waals surface area contributed by atoms with Crippen LogP contribution in [0.5, 0.6) is 0 Å². The Kier molecular flexibility index (Phi) is 6.01. The molecule has 1 amide bonds. The lowest BCUT2D eigenvalue weighted by Gasteiger charge is -2.27. The van der Waals surface area contributed by atoms with Gasteiger partial charge in [0.15, 0.2) is 0 Å². The van der Waals surface area contributed by atoms with Gasteiger partial charge in [0.25, 0.3) is 5.91 Å².